The molecular weight excluding hydrogens is 283 g/mol. The number of sulfonamides is 1. The standard InChI is InChI=1S/C13H19FN2O3S/c1-9-6-10(14)11(15)7-12(9)20(17,18)16-4-5-19-13(2,3)8-16/h6-7H,4-5,8,15H2,1-3H3. The van der Waals surface area contributed by atoms with Gasteiger partial charge in [0.05, 0.1) is 22.8 Å². The van der Waals surface area contributed by atoms with Gasteiger partial charge in [-0.05, 0) is 38.5 Å². The number of hydrogen-bond donors (Lipinski definition) is 1. The third-order valence-corrected chi connectivity index (χ3v) is 5.29. The van der Waals surface area contributed by atoms with Gasteiger partial charge in [-0.15, -0.1) is 0 Å². The van der Waals surface area contributed by atoms with Gasteiger partial charge in [-0.1, -0.05) is 0 Å². The Balaban J connectivity index is 2.43. The first-order chi connectivity index (χ1) is 9.13. The number of halogens is 1. The smallest absolute Gasteiger partial charge is 0.243 e. The van der Waals surface area contributed by atoms with Crippen molar-refractivity contribution in [2.24, 2.45) is 0 Å². The highest BCUT2D eigenvalue weighted by molar-refractivity contribution is 7.89. The summed E-state index contributed by atoms with van der Waals surface area (Å²) in [7, 11) is -3.70. The monoisotopic (exact) mass is 302 g/mol. The first kappa shape index (κ1) is 15.2. The van der Waals surface area contributed by atoms with Crippen molar-refractivity contribution in [3.63, 3.8) is 0 Å². The van der Waals surface area contributed by atoms with Crippen LogP contribution in [-0.2, 0) is 14.8 Å². The summed E-state index contributed by atoms with van der Waals surface area (Å²) in [6, 6.07) is 2.33. The first-order valence-electron chi connectivity index (χ1n) is 6.33. The molecule has 1 saturated heterocycles. The van der Waals surface area contributed by atoms with Crippen LogP contribution in [0.25, 0.3) is 0 Å². The molecule has 2 N–H and O–H groups in total. The summed E-state index contributed by atoms with van der Waals surface area (Å²) in [5.41, 5.74) is 5.13. The molecule has 1 aliphatic heterocycles. The van der Waals surface area contributed by atoms with Gasteiger partial charge < -0.3 is 10.5 Å². The largest absolute Gasteiger partial charge is 0.396 e. The Hall–Kier alpha value is -1.18. The van der Waals surface area contributed by atoms with Crippen molar-refractivity contribution in [3.05, 3.63) is 23.5 Å². The molecule has 1 fully saturated rings. The number of aryl methyl sites for hydroxylation is 1. The maximum absolute atomic E-state index is 13.4. The Labute approximate surface area is 118 Å². The van der Waals surface area contributed by atoms with Crippen molar-refractivity contribution >= 4 is 15.7 Å². The predicted molar refractivity (Wildman–Crippen MR) is 74.3 cm³/mol. The van der Waals surface area contributed by atoms with Gasteiger partial charge in [0.25, 0.3) is 0 Å². The average Bonchev–Trinajstić information content (AvgIpc) is 2.32. The van der Waals surface area contributed by atoms with Crippen molar-refractivity contribution in [1.82, 2.24) is 4.31 Å². The normalized spacial score (nSPS) is 20.0. The molecule has 0 aromatic heterocycles. The minimum Gasteiger partial charge on any atom is -0.396 e. The molecule has 1 aromatic rings. The Morgan fingerprint density at radius 3 is 2.65 bits per heavy atom. The molecule has 0 atom stereocenters. The molecule has 0 bridgehead atoms. The van der Waals surface area contributed by atoms with Crippen LogP contribution in [-0.4, -0.2) is 38.0 Å². The van der Waals surface area contributed by atoms with Crippen LogP contribution in [0, 0.1) is 12.7 Å². The van der Waals surface area contributed by atoms with E-state index in [2.05, 4.69) is 0 Å². The minimum absolute atomic E-state index is 0.0501. The number of nitrogens with zero attached hydrogens (tertiary/aromatic N) is 1. The van der Waals surface area contributed by atoms with Crippen LogP contribution in [0.1, 0.15) is 19.4 Å². The van der Waals surface area contributed by atoms with Gasteiger partial charge in [0, 0.05) is 13.1 Å². The van der Waals surface area contributed by atoms with Crippen molar-refractivity contribution in [2.75, 3.05) is 25.4 Å². The summed E-state index contributed by atoms with van der Waals surface area (Å²) in [5, 5.41) is 0. The number of nitrogens with two attached hydrogens (primary N) is 1. The highest BCUT2D eigenvalue weighted by Gasteiger charge is 2.35. The third kappa shape index (κ3) is 2.79. The first-order valence-corrected chi connectivity index (χ1v) is 7.77. The SMILES string of the molecule is Cc1cc(F)c(N)cc1S(=O)(=O)N1CCOC(C)(C)C1. The lowest BCUT2D eigenvalue weighted by atomic mass is 10.1. The van der Waals surface area contributed by atoms with E-state index < -0.39 is 21.4 Å². The summed E-state index contributed by atoms with van der Waals surface area (Å²) in [4.78, 5) is 0.0501. The van der Waals surface area contributed by atoms with Crippen LogP contribution in [0.3, 0.4) is 0 Å². The molecule has 5 nitrogen and oxygen atoms in total. The molecule has 2 rings (SSSR count). The number of anilines is 1. The van der Waals surface area contributed by atoms with Crippen LogP contribution in [0.15, 0.2) is 17.0 Å². The van der Waals surface area contributed by atoms with Crippen molar-refractivity contribution in [1.29, 1.82) is 0 Å². The predicted octanol–water partition coefficient (Wildman–Crippen LogP) is 1.52. The van der Waals surface area contributed by atoms with Crippen LogP contribution in [0.5, 0.6) is 0 Å². The lowest BCUT2D eigenvalue weighted by molar-refractivity contribution is -0.0640. The van der Waals surface area contributed by atoms with Crippen LogP contribution in [0.4, 0.5) is 10.1 Å². The molecule has 1 aliphatic rings. The van der Waals surface area contributed by atoms with Crippen LogP contribution in [0.2, 0.25) is 0 Å². The summed E-state index contributed by atoms with van der Waals surface area (Å²) >= 11 is 0. The van der Waals surface area contributed by atoms with E-state index in [1.54, 1.807) is 6.92 Å². The number of rotatable bonds is 2. The molecule has 0 unspecified atom stereocenters. The summed E-state index contributed by atoms with van der Waals surface area (Å²) in [6.45, 7) is 6.10. The maximum Gasteiger partial charge on any atom is 0.243 e. The van der Waals surface area contributed by atoms with Gasteiger partial charge in [0.1, 0.15) is 5.82 Å². The van der Waals surface area contributed by atoms with Crippen LogP contribution < -0.4 is 5.73 Å². The van der Waals surface area contributed by atoms with Crippen molar-refractivity contribution < 1.29 is 17.5 Å². The zero-order chi connectivity index (χ0) is 15.1. The molecule has 1 heterocycles. The lowest BCUT2D eigenvalue weighted by Crippen LogP contribution is -2.50. The molecule has 0 saturated carbocycles. The summed E-state index contributed by atoms with van der Waals surface area (Å²) < 4.78 is 45.5. The Bertz CT molecular complexity index is 629. The number of morpholine rings is 1. The quantitative estimate of drug-likeness (QED) is 0.841. The van der Waals surface area contributed by atoms with Gasteiger partial charge in [0.15, 0.2) is 0 Å². The molecule has 0 amide bonds. The van der Waals surface area contributed by atoms with Crippen molar-refractivity contribution in [3.8, 4) is 0 Å². The second-order valence-corrected chi connectivity index (χ2v) is 7.49. The molecule has 7 heteroatoms. The Kier molecular flexibility index (Phi) is 3.79. The van der Waals surface area contributed by atoms with Crippen LogP contribution >= 0.6 is 0 Å². The fourth-order valence-corrected chi connectivity index (χ4v) is 4.08. The van der Waals surface area contributed by atoms with Gasteiger partial charge in [-0.3, -0.25) is 0 Å². The third-order valence-electron chi connectivity index (χ3n) is 3.30. The van der Waals surface area contributed by atoms with E-state index in [0.29, 0.717) is 12.2 Å². The van der Waals surface area contributed by atoms with E-state index in [1.165, 1.54) is 10.4 Å². The van der Waals surface area contributed by atoms with E-state index in [4.69, 9.17) is 10.5 Å². The van der Waals surface area contributed by atoms with E-state index in [1.807, 2.05) is 13.8 Å². The highest BCUT2D eigenvalue weighted by atomic mass is 32.2. The van der Waals surface area contributed by atoms with Gasteiger partial charge in [0.2, 0.25) is 10.0 Å². The topological polar surface area (TPSA) is 72.6 Å². The van der Waals surface area contributed by atoms with E-state index >= 15 is 0 Å². The minimum atomic E-state index is -3.70. The Morgan fingerprint density at radius 2 is 2.05 bits per heavy atom. The zero-order valence-corrected chi connectivity index (χ0v) is 12.6. The highest BCUT2D eigenvalue weighted by Crippen LogP contribution is 2.27. The molecule has 112 valence electrons. The van der Waals surface area contributed by atoms with Gasteiger partial charge in [-0.2, -0.15) is 4.31 Å². The fourth-order valence-electron chi connectivity index (χ4n) is 2.26. The summed E-state index contributed by atoms with van der Waals surface area (Å²) in [5.74, 6) is -0.608. The zero-order valence-electron chi connectivity index (χ0n) is 11.8. The molecule has 0 aliphatic carbocycles. The van der Waals surface area contributed by atoms with E-state index in [-0.39, 0.29) is 23.7 Å². The fraction of sp³-hybridized carbons (Fsp3) is 0.538. The molecule has 20 heavy (non-hydrogen) atoms. The van der Waals surface area contributed by atoms with E-state index in [9.17, 15) is 12.8 Å². The van der Waals surface area contributed by atoms with E-state index in [0.717, 1.165) is 6.07 Å². The molecular formula is C13H19FN2O3S. The molecule has 0 spiro atoms. The number of ether oxygens (including phenoxy) is 1. The average molecular weight is 302 g/mol. The number of hydrogen-bond acceptors (Lipinski definition) is 4. The van der Waals surface area contributed by atoms with Gasteiger partial charge >= 0.3 is 0 Å². The second kappa shape index (κ2) is 4.98. The van der Waals surface area contributed by atoms with Crippen molar-refractivity contribution in [2.45, 2.75) is 31.3 Å². The van der Waals surface area contributed by atoms with Gasteiger partial charge in [-0.25, -0.2) is 12.8 Å². The second-order valence-electron chi connectivity index (χ2n) is 5.59. The Morgan fingerprint density at radius 1 is 1.40 bits per heavy atom. The lowest BCUT2D eigenvalue weighted by Gasteiger charge is -2.37. The molecule has 1 aromatic carbocycles. The molecule has 0 radical (unpaired) electrons. The number of nitrogen functional groups attached to an aromatic ring is 1. The summed E-state index contributed by atoms with van der Waals surface area (Å²) in [6.07, 6.45) is 0. The maximum atomic E-state index is 13.4. The number of benzene rings is 1.